The van der Waals surface area contributed by atoms with Crippen molar-refractivity contribution in [1.29, 1.82) is 0 Å². The average Bonchev–Trinajstić information content (AvgIpc) is 2.94. The van der Waals surface area contributed by atoms with Crippen LogP contribution < -0.4 is 16.0 Å². The number of amides is 1. The molecule has 2 rings (SSSR count). The number of ether oxygens (including phenoxy) is 1. The van der Waals surface area contributed by atoms with Crippen molar-refractivity contribution >= 4 is 23.6 Å². The van der Waals surface area contributed by atoms with Crippen LogP contribution in [0.2, 0.25) is 0 Å². The number of anilines is 3. The van der Waals surface area contributed by atoms with E-state index in [1.165, 1.54) is 0 Å². The number of hydrogen-bond acceptors (Lipinski definition) is 5. The quantitative estimate of drug-likeness (QED) is 0.743. The van der Waals surface area contributed by atoms with E-state index in [9.17, 15) is 4.79 Å². The lowest BCUT2D eigenvalue weighted by molar-refractivity contribution is -0.107. The van der Waals surface area contributed by atoms with E-state index in [0.717, 1.165) is 24.2 Å². The molecule has 0 saturated heterocycles. The van der Waals surface area contributed by atoms with E-state index in [-0.39, 0.29) is 0 Å². The van der Waals surface area contributed by atoms with Crippen molar-refractivity contribution < 1.29 is 9.53 Å². The van der Waals surface area contributed by atoms with Gasteiger partial charge >= 0.3 is 0 Å². The standard InChI is InChI=1S/C12H20N4O2.C7H8/c1-4-16(8-17)10-7-9(5-6-18-3)15-12(13)11(10)14-2;1-2-4-6-7-5-3-1/h7-8,14H,4-6H2,1-3H3,(H2,13,15);1-6H,7H2. The summed E-state index contributed by atoms with van der Waals surface area (Å²) in [5.41, 5.74) is 8.12. The molecule has 25 heavy (non-hydrogen) atoms. The van der Waals surface area contributed by atoms with Gasteiger partial charge in [-0.2, -0.15) is 0 Å². The lowest BCUT2D eigenvalue weighted by Crippen LogP contribution is -2.22. The molecule has 0 radical (unpaired) electrons. The monoisotopic (exact) mass is 344 g/mol. The van der Waals surface area contributed by atoms with Crippen molar-refractivity contribution in [2.45, 2.75) is 19.8 Å². The Morgan fingerprint density at radius 2 is 2.00 bits per heavy atom. The summed E-state index contributed by atoms with van der Waals surface area (Å²) in [6, 6.07) is 1.86. The van der Waals surface area contributed by atoms with Gasteiger partial charge in [0, 0.05) is 32.8 Å². The maximum absolute atomic E-state index is 11.1. The Balaban J connectivity index is 0.000000370. The van der Waals surface area contributed by atoms with Crippen LogP contribution in [-0.2, 0) is 16.0 Å². The molecule has 136 valence electrons. The second-order valence-electron chi connectivity index (χ2n) is 5.25. The summed E-state index contributed by atoms with van der Waals surface area (Å²) >= 11 is 0. The number of rotatable bonds is 7. The van der Waals surface area contributed by atoms with Crippen molar-refractivity contribution in [2.75, 3.05) is 43.3 Å². The zero-order chi connectivity index (χ0) is 18.5. The minimum atomic E-state index is 0.390. The number of nitrogens with two attached hydrogens (primary N) is 1. The summed E-state index contributed by atoms with van der Waals surface area (Å²) in [6.45, 7) is 3.04. The Kier molecular flexibility index (Phi) is 9.70. The summed E-state index contributed by atoms with van der Waals surface area (Å²) in [5, 5.41) is 2.98. The van der Waals surface area contributed by atoms with E-state index in [4.69, 9.17) is 10.5 Å². The molecular weight excluding hydrogens is 316 g/mol. The lowest BCUT2D eigenvalue weighted by Gasteiger charge is -2.21. The summed E-state index contributed by atoms with van der Waals surface area (Å²) in [6.07, 6.45) is 14.9. The van der Waals surface area contributed by atoms with Crippen molar-refractivity contribution in [3.8, 4) is 0 Å². The van der Waals surface area contributed by atoms with Gasteiger partial charge in [-0.1, -0.05) is 36.5 Å². The first kappa shape index (κ1) is 20.4. The molecular formula is C19H28N4O2. The van der Waals surface area contributed by atoms with Crippen LogP contribution >= 0.6 is 0 Å². The highest BCUT2D eigenvalue weighted by Gasteiger charge is 2.14. The molecule has 1 aromatic rings. The number of nitrogens with one attached hydrogen (secondary N) is 1. The van der Waals surface area contributed by atoms with Crippen molar-refractivity contribution in [1.82, 2.24) is 4.98 Å². The largest absolute Gasteiger partial charge is 0.384 e. The maximum atomic E-state index is 11.1. The van der Waals surface area contributed by atoms with E-state index < -0.39 is 0 Å². The highest BCUT2D eigenvalue weighted by Crippen LogP contribution is 2.30. The minimum absolute atomic E-state index is 0.390. The third kappa shape index (κ3) is 6.81. The van der Waals surface area contributed by atoms with E-state index in [1.54, 1.807) is 19.1 Å². The molecule has 0 saturated carbocycles. The molecule has 0 atom stereocenters. The number of nitrogen functional groups attached to an aromatic ring is 1. The molecule has 0 fully saturated rings. The Hall–Kier alpha value is -2.60. The van der Waals surface area contributed by atoms with Crippen LogP contribution in [0.5, 0.6) is 0 Å². The van der Waals surface area contributed by atoms with Gasteiger partial charge in [-0.3, -0.25) is 4.79 Å². The number of nitrogens with zero attached hydrogens (tertiary/aromatic N) is 2. The third-order valence-electron chi connectivity index (χ3n) is 3.55. The van der Waals surface area contributed by atoms with Gasteiger partial charge in [0.1, 0.15) is 11.5 Å². The fraction of sp³-hybridized carbons (Fsp3) is 0.368. The lowest BCUT2D eigenvalue weighted by atomic mass is 10.2. The second-order valence-corrected chi connectivity index (χ2v) is 5.25. The zero-order valence-corrected chi connectivity index (χ0v) is 15.2. The van der Waals surface area contributed by atoms with Crippen molar-refractivity contribution in [3.63, 3.8) is 0 Å². The summed E-state index contributed by atoms with van der Waals surface area (Å²) < 4.78 is 5.02. The SMILES string of the molecule is C1=CC=CCC=C1.CCN(C=O)c1cc(CCOC)nc(N)c1NC. The summed E-state index contributed by atoms with van der Waals surface area (Å²) in [4.78, 5) is 16.9. The number of carbonyl (C=O) groups is 1. The molecule has 0 aromatic carbocycles. The van der Waals surface area contributed by atoms with E-state index in [0.29, 0.717) is 31.1 Å². The Morgan fingerprint density at radius 1 is 1.32 bits per heavy atom. The Bertz CT molecular complexity index is 610. The smallest absolute Gasteiger partial charge is 0.214 e. The molecule has 0 unspecified atom stereocenters. The van der Waals surface area contributed by atoms with Crippen molar-refractivity contribution in [3.05, 3.63) is 48.2 Å². The van der Waals surface area contributed by atoms with E-state index in [1.807, 2.05) is 25.1 Å². The molecule has 1 heterocycles. The summed E-state index contributed by atoms with van der Waals surface area (Å²) in [5.74, 6) is 0.390. The molecule has 1 aliphatic carbocycles. The molecule has 0 aliphatic heterocycles. The predicted molar refractivity (Wildman–Crippen MR) is 105 cm³/mol. The first-order chi connectivity index (χ1) is 12.2. The fourth-order valence-electron chi connectivity index (χ4n) is 2.24. The highest BCUT2D eigenvalue weighted by molar-refractivity contribution is 5.88. The molecule has 1 aromatic heterocycles. The fourth-order valence-corrected chi connectivity index (χ4v) is 2.24. The van der Waals surface area contributed by atoms with Gasteiger partial charge in [-0.05, 0) is 19.4 Å². The molecule has 0 spiro atoms. The minimum Gasteiger partial charge on any atom is -0.384 e. The third-order valence-corrected chi connectivity index (χ3v) is 3.55. The molecule has 1 aliphatic rings. The van der Waals surface area contributed by atoms with Crippen LogP contribution in [0.1, 0.15) is 19.0 Å². The summed E-state index contributed by atoms with van der Waals surface area (Å²) in [7, 11) is 3.39. The number of methoxy groups -OCH3 is 1. The topological polar surface area (TPSA) is 80.5 Å². The molecule has 3 N–H and O–H groups in total. The molecule has 6 nitrogen and oxygen atoms in total. The first-order valence-corrected chi connectivity index (χ1v) is 8.34. The predicted octanol–water partition coefficient (Wildman–Crippen LogP) is 2.94. The number of carbonyl (C=O) groups excluding carboxylic acids is 1. The van der Waals surface area contributed by atoms with Crippen LogP contribution in [0.15, 0.2) is 42.5 Å². The van der Waals surface area contributed by atoms with E-state index >= 15 is 0 Å². The molecule has 6 heteroatoms. The second kappa shape index (κ2) is 11.9. The van der Waals surface area contributed by atoms with Crippen LogP contribution in [-0.4, -0.2) is 38.7 Å². The average molecular weight is 344 g/mol. The highest BCUT2D eigenvalue weighted by atomic mass is 16.5. The van der Waals surface area contributed by atoms with E-state index in [2.05, 4.69) is 34.6 Å². The Labute approximate surface area is 150 Å². The van der Waals surface area contributed by atoms with Gasteiger partial charge < -0.3 is 20.7 Å². The van der Waals surface area contributed by atoms with Crippen LogP contribution in [0.3, 0.4) is 0 Å². The van der Waals surface area contributed by atoms with Gasteiger partial charge in [0.15, 0.2) is 0 Å². The van der Waals surface area contributed by atoms with Crippen LogP contribution in [0.4, 0.5) is 17.2 Å². The Morgan fingerprint density at radius 3 is 2.52 bits per heavy atom. The van der Waals surface area contributed by atoms with Gasteiger partial charge in [0.05, 0.1) is 12.3 Å². The van der Waals surface area contributed by atoms with Crippen molar-refractivity contribution in [2.24, 2.45) is 0 Å². The maximum Gasteiger partial charge on any atom is 0.214 e. The van der Waals surface area contributed by atoms with Crippen LogP contribution in [0, 0.1) is 0 Å². The van der Waals surface area contributed by atoms with Gasteiger partial charge in [-0.15, -0.1) is 0 Å². The number of pyridine rings is 1. The molecule has 0 bridgehead atoms. The number of allylic oxidation sites excluding steroid dienone is 6. The van der Waals surface area contributed by atoms with Gasteiger partial charge in [-0.25, -0.2) is 4.98 Å². The van der Waals surface area contributed by atoms with Crippen LogP contribution in [0.25, 0.3) is 0 Å². The molecule has 1 amide bonds. The number of hydrogen-bond donors (Lipinski definition) is 2. The normalized spacial score (nSPS) is 12.1. The van der Waals surface area contributed by atoms with Gasteiger partial charge in [0.2, 0.25) is 6.41 Å². The zero-order valence-electron chi connectivity index (χ0n) is 15.2. The number of aromatic nitrogens is 1. The van der Waals surface area contributed by atoms with Gasteiger partial charge in [0.25, 0.3) is 0 Å². The first-order valence-electron chi connectivity index (χ1n) is 8.34.